The maximum Gasteiger partial charge on any atom is 0.305 e. The van der Waals surface area contributed by atoms with Gasteiger partial charge in [-0.3, -0.25) is 9.59 Å². The Hall–Kier alpha value is -1.86. The third kappa shape index (κ3) is 49.3. The fourth-order valence-corrected chi connectivity index (χ4v) is 11.4. The van der Waals surface area contributed by atoms with Crippen LogP contribution >= 0.6 is 0 Å². The Labute approximate surface area is 505 Å². The Kier molecular flexibility index (Phi) is 58.0. The van der Waals surface area contributed by atoms with E-state index in [1.54, 1.807) is 6.08 Å². The molecule has 0 aliphatic carbocycles. The molecule has 0 aromatic carbocycles. The monoisotopic (exact) mass is 1160 g/mol. The lowest BCUT2D eigenvalue weighted by atomic mass is 9.99. The highest BCUT2D eigenvalue weighted by Gasteiger charge is 2.44. The molecule has 82 heavy (non-hydrogen) atoms. The summed E-state index contributed by atoms with van der Waals surface area (Å²) in [5.41, 5.74) is 0. The normalized spacial score (nSPS) is 18.3. The maximum atomic E-state index is 13.0. The summed E-state index contributed by atoms with van der Waals surface area (Å²) < 4.78 is 16.7. The summed E-state index contributed by atoms with van der Waals surface area (Å²) in [6.45, 7) is 4.35. The molecule has 7 atom stereocenters. The van der Waals surface area contributed by atoms with Gasteiger partial charge in [-0.1, -0.05) is 308 Å². The molecule has 1 aliphatic rings. The highest BCUT2D eigenvalue weighted by atomic mass is 16.7. The van der Waals surface area contributed by atoms with Crippen molar-refractivity contribution in [3.05, 3.63) is 24.3 Å². The third-order valence-electron chi connectivity index (χ3n) is 17.1. The number of aliphatic hydroxyl groups excluding tert-OH is 5. The van der Waals surface area contributed by atoms with Gasteiger partial charge in [0.2, 0.25) is 5.91 Å². The Morgan fingerprint density at radius 1 is 0.439 bits per heavy atom. The number of rotatable bonds is 63. The van der Waals surface area contributed by atoms with E-state index in [1.165, 1.54) is 276 Å². The molecule has 0 spiro atoms. The van der Waals surface area contributed by atoms with Gasteiger partial charge in [0.25, 0.3) is 0 Å². The minimum Gasteiger partial charge on any atom is -0.466 e. The summed E-state index contributed by atoms with van der Waals surface area (Å²) in [5, 5.41) is 54.3. The maximum absolute atomic E-state index is 13.0. The summed E-state index contributed by atoms with van der Waals surface area (Å²) in [5.74, 6) is -0.170. The lowest BCUT2D eigenvalue weighted by Crippen LogP contribution is -2.60. The first-order valence-corrected chi connectivity index (χ1v) is 35.6. The molecule has 0 aromatic heterocycles. The molecule has 0 aromatic rings. The van der Waals surface area contributed by atoms with E-state index in [0.717, 1.165) is 51.4 Å². The Balaban J connectivity index is 1.91. The third-order valence-corrected chi connectivity index (χ3v) is 17.1. The van der Waals surface area contributed by atoms with Crippen LogP contribution in [0.15, 0.2) is 24.3 Å². The number of unbranched alkanes of at least 4 members (excludes halogenated alkanes) is 47. The van der Waals surface area contributed by atoms with Gasteiger partial charge in [0.15, 0.2) is 6.29 Å². The standard InChI is InChI=1S/C71H135NO10/c1-3-5-7-9-11-13-14-15-16-33-36-39-43-47-51-55-59-67(76)80-60-56-52-48-44-40-37-34-31-29-27-25-23-21-19-17-18-20-22-24-26-28-30-32-35-38-42-46-50-54-58-66(75)72-63(64(74)57-53-49-45-41-12-10-8-6-4-2)62-81-71-70(79)69(78)68(77)65(61-73)82-71/h17,19,53,57,63-65,68-71,73-74,77-79H,3-16,18,20-52,54-56,58-62H2,1-2H3,(H,72,75)/b19-17-,57-53+. The van der Waals surface area contributed by atoms with E-state index in [4.69, 9.17) is 14.2 Å². The molecule has 11 heteroatoms. The summed E-state index contributed by atoms with van der Waals surface area (Å²) in [6, 6.07) is -0.807. The van der Waals surface area contributed by atoms with Gasteiger partial charge in [0.05, 0.1) is 32.0 Å². The summed E-state index contributed by atoms with van der Waals surface area (Å²) >= 11 is 0. The van der Waals surface area contributed by atoms with E-state index < -0.39 is 49.5 Å². The average Bonchev–Trinajstić information content (AvgIpc) is 3.48. The Morgan fingerprint density at radius 3 is 1.17 bits per heavy atom. The highest BCUT2D eigenvalue weighted by Crippen LogP contribution is 2.23. The van der Waals surface area contributed by atoms with Crippen LogP contribution in [0.4, 0.5) is 0 Å². The van der Waals surface area contributed by atoms with Gasteiger partial charge in [0, 0.05) is 12.8 Å². The number of hydrogen-bond acceptors (Lipinski definition) is 10. The molecule has 7 unspecified atom stereocenters. The highest BCUT2D eigenvalue weighted by molar-refractivity contribution is 5.76. The summed E-state index contributed by atoms with van der Waals surface area (Å²) in [4.78, 5) is 25.1. The molecule has 1 saturated heterocycles. The van der Waals surface area contributed by atoms with Crippen molar-refractivity contribution < 1.29 is 49.3 Å². The molecule has 0 radical (unpaired) electrons. The van der Waals surface area contributed by atoms with Gasteiger partial charge in [-0.05, 0) is 57.8 Å². The number of amides is 1. The molecule has 1 amide bonds. The van der Waals surface area contributed by atoms with Gasteiger partial charge in [-0.25, -0.2) is 0 Å². The van der Waals surface area contributed by atoms with E-state index in [1.807, 2.05) is 6.08 Å². The molecular formula is C71H135NO10. The molecule has 1 rings (SSSR count). The van der Waals surface area contributed by atoms with E-state index in [-0.39, 0.29) is 18.5 Å². The van der Waals surface area contributed by atoms with Gasteiger partial charge >= 0.3 is 5.97 Å². The van der Waals surface area contributed by atoms with Crippen molar-refractivity contribution in [3.8, 4) is 0 Å². The Bertz CT molecular complexity index is 1410. The molecule has 484 valence electrons. The van der Waals surface area contributed by atoms with Crippen molar-refractivity contribution in [2.45, 2.75) is 397 Å². The Morgan fingerprint density at radius 2 is 0.780 bits per heavy atom. The van der Waals surface area contributed by atoms with Gasteiger partial charge < -0.3 is 45.1 Å². The fourth-order valence-electron chi connectivity index (χ4n) is 11.4. The number of aliphatic hydroxyl groups is 5. The van der Waals surface area contributed by atoms with Crippen molar-refractivity contribution in [1.82, 2.24) is 5.32 Å². The van der Waals surface area contributed by atoms with Crippen LogP contribution in [0.5, 0.6) is 0 Å². The summed E-state index contributed by atoms with van der Waals surface area (Å²) in [7, 11) is 0. The van der Waals surface area contributed by atoms with Gasteiger partial charge in [-0.2, -0.15) is 0 Å². The van der Waals surface area contributed by atoms with Crippen LogP contribution in [0, 0.1) is 0 Å². The number of allylic oxidation sites excluding steroid dienone is 3. The number of esters is 1. The van der Waals surface area contributed by atoms with Crippen LogP contribution in [0.1, 0.15) is 354 Å². The first-order valence-electron chi connectivity index (χ1n) is 35.6. The number of carbonyl (C=O) groups is 2. The van der Waals surface area contributed by atoms with Crippen LogP contribution in [0.25, 0.3) is 0 Å². The van der Waals surface area contributed by atoms with Crippen LogP contribution in [0.3, 0.4) is 0 Å². The van der Waals surface area contributed by atoms with E-state index in [2.05, 4.69) is 31.3 Å². The zero-order valence-corrected chi connectivity index (χ0v) is 53.7. The lowest BCUT2D eigenvalue weighted by Gasteiger charge is -2.40. The van der Waals surface area contributed by atoms with Crippen molar-refractivity contribution in [3.63, 3.8) is 0 Å². The molecular weight excluding hydrogens is 1030 g/mol. The molecule has 0 bridgehead atoms. The predicted molar refractivity (Wildman–Crippen MR) is 343 cm³/mol. The van der Waals surface area contributed by atoms with E-state index in [0.29, 0.717) is 19.4 Å². The first-order chi connectivity index (χ1) is 40.2. The second-order valence-corrected chi connectivity index (χ2v) is 24.9. The minimum atomic E-state index is -1.57. The van der Waals surface area contributed by atoms with Crippen molar-refractivity contribution in [2.24, 2.45) is 0 Å². The average molecular weight is 1160 g/mol. The van der Waals surface area contributed by atoms with Crippen molar-refractivity contribution in [2.75, 3.05) is 19.8 Å². The quantitative estimate of drug-likeness (QED) is 0.0195. The molecule has 6 N–H and O–H groups in total. The number of nitrogens with one attached hydrogen (secondary N) is 1. The number of hydrogen-bond donors (Lipinski definition) is 6. The zero-order chi connectivity index (χ0) is 59.5. The van der Waals surface area contributed by atoms with Gasteiger partial charge in [-0.15, -0.1) is 0 Å². The number of ether oxygens (including phenoxy) is 3. The zero-order valence-electron chi connectivity index (χ0n) is 53.7. The fraction of sp³-hybridized carbons (Fsp3) is 0.915. The predicted octanol–water partition coefficient (Wildman–Crippen LogP) is 18.0. The van der Waals surface area contributed by atoms with E-state index in [9.17, 15) is 35.1 Å². The second-order valence-electron chi connectivity index (χ2n) is 24.9. The minimum absolute atomic E-state index is 0.0118. The van der Waals surface area contributed by atoms with Crippen LogP contribution in [0.2, 0.25) is 0 Å². The SMILES string of the molecule is CCCCCCCCC/C=C/C(O)C(COC1OC(CO)C(O)C(O)C1O)NC(=O)CCCCCCCCCCCCCCC/C=C\CCCCCCCCCCCCCCOC(=O)CCCCCCCCCCCCCCCCCC. The van der Waals surface area contributed by atoms with Crippen LogP contribution in [-0.2, 0) is 23.8 Å². The molecule has 1 heterocycles. The van der Waals surface area contributed by atoms with Crippen molar-refractivity contribution in [1.29, 1.82) is 0 Å². The second kappa shape index (κ2) is 60.8. The summed E-state index contributed by atoms with van der Waals surface area (Å²) in [6.07, 6.45) is 66.2. The molecule has 1 fully saturated rings. The number of carbonyl (C=O) groups excluding carboxylic acids is 2. The first kappa shape index (κ1) is 78.2. The molecule has 1 aliphatic heterocycles. The topological polar surface area (TPSA) is 175 Å². The van der Waals surface area contributed by atoms with Gasteiger partial charge in [0.1, 0.15) is 24.4 Å². The van der Waals surface area contributed by atoms with Crippen LogP contribution < -0.4 is 5.32 Å². The smallest absolute Gasteiger partial charge is 0.305 e. The molecule has 11 nitrogen and oxygen atoms in total. The molecule has 0 saturated carbocycles. The lowest BCUT2D eigenvalue weighted by molar-refractivity contribution is -0.302. The van der Waals surface area contributed by atoms with Crippen molar-refractivity contribution >= 4 is 11.9 Å². The van der Waals surface area contributed by atoms with Crippen LogP contribution in [-0.4, -0.2) is 100 Å². The largest absolute Gasteiger partial charge is 0.466 e. The van der Waals surface area contributed by atoms with E-state index >= 15 is 0 Å².